The molecule has 2 N–H and O–H groups in total. The molecule has 0 unspecified atom stereocenters. The van der Waals surface area contributed by atoms with E-state index in [9.17, 15) is 9.90 Å². The van der Waals surface area contributed by atoms with Crippen molar-refractivity contribution in [3.63, 3.8) is 0 Å². The zero-order valence-electron chi connectivity index (χ0n) is 7.30. The Kier molecular flexibility index (Phi) is 1.63. The highest BCUT2D eigenvalue weighted by molar-refractivity contribution is 5.96. The number of carboxylic acid groups (broad SMARTS) is 1. The second-order valence-corrected chi connectivity index (χ2v) is 2.83. The van der Waals surface area contributed by atoms with Crippen LogP contribution in [0.1, 0.15) is 10.5 Å². The number of hydrogen-bond donors (Lipinski definition) is 2. The molecular formula is C8H7N3O3. The van der Waals surface area contributed by atoms with E-state index in [1.807, 2.05) is 0 Å². The van der Waals surface area contributed by atoms with Gasteiger partial charge in [-0.05, 0) is 0 Å². The normalized spacial score (nSPS) is 10.6. The van der Waals surface area contributed by atoms with Gasteiger partial charge < -0.3 is 10.2 Å². The second kappa shape index (κ2) is 2.69. The number of fused-ring (bicyclic) bond motifs is 1. The van der Waals surface area contributed by atoms with E-state index in [1.165, 1.54) is 17.1 Å². The molecule has 0 fully saturated rings. The van der Waals surface area contributed by atoms with Crippen LogP contribution in [0.5, 0.6) is 5.75 Å². The Hall–Kier alpha value is -2.11. The molecule has 6 heteroatoms. The lowest BCUT2D eigenvalue weighted by Crippen LogP contribution is -2.00. The van der Waals surface area contributed by atoms with Gasteiger partial charge in [-0.3, -0.25) is 4.68 Å². The summed E-state index contributed by atoms with van der Waals surface area (Å²) in [5, 5.41) is 22.5. The Balaban J connectivity index is 2.82. The minimum Gasteiger partial charge on any atom is -0.505 e. The van der Waals surface area contributed by atoms with Crippen molar-refractivity contribution >= 4 is 16.9 Å². The summed E-state index contributed by atoms with van der Waals surface area (Å²) in [4.78, 5) is 14.3. The third-order valence-electron chi connectivity index (χ3n) is 1.98. The molecule has 0 aliphatic heterocycles. The number of aryl methyl sites for hydroxylation is 1. The molecule has 0 aliphatic rings. The third kappa shape index (κ3) is 1.00. The zero-order chi connectivity index (χ0) is 10.3. The smallest absolute Gasteiger partial charge is 0.358 e. The van der Waals surface area contributed by atoms with Gasteiger partial charge in [0.05, 0.1) is 23.3 Å². The van der Waals surface area contributed by atoms with E-state index in [2.05, 4.69) is 10.1 Å². The van der Waals surface area contributed by atoms with Crippen molar-refractivity contribution < 1.29 is 15.0 Å². The van der Waals surface area contributed by atoms with Gasteiger partial charge in [-0.15, -0.1) is 0 Å². The lowest BCUT2D eigenvalue weighted by Gasteiger charge is -1.99. The maximum atomic E-state index is 10.6. The fourth-order valence-electron chi connectivity index (χ4n) is 1.25. The number of aromatic hydroxyl groups is 1. The molecule has 2 aromatic rings. The van der Waals surface area contributed by atoms with Crippen molar-refractivity contribution in [2.45, 2.75) is 0 Å². The van der Waals surface area contributed by atoms with Crippen LogP contribution >= 0.6 is 0 Å². The van der Waals surface area contributed by atoms with E-state index in [0.717, 1.165) is 0 Å². The Morgan fingerprint density at radius 2 is 2.21 bits per heavy atom. The fraction of sp³-hybridized carbons (Fsp3) is 0.125. The number of rotatable bonds is 1. The Morgan fingerprint density at radius 3 is 2.86 bits per heavy atom. The number of nitrogens with zero attached hydrogens (tertiary/aromatic N) is 3. The number of aromatic nitrogens is 3. The summed E-state index contributed by atoms with van der Waals surface area (Å²) in [6.45, 7) is 0. The van der Waals surface area contributed by atoms with Crippen LogP contribution in [0, 0.1) is 0 Å². The molecule has 0 saturated heterocycles. The Morgan fingerprint density at radius 1 is 1.50 bits per heavy atom. The molecular weight excluding hydrogens is 186 g/mol. The topological polar surface area (TPSA) is 88.2 Å². The minimum atomic E-state index is -1.26. The molecule has 0 saturated carbocycles. The van der Waals surface area contributed by atoms with Gasteiger partial charge in [0, 0.05) is 7.05 Å². The van der Waals surface area contributed by atoms with E-state index in [0.29, 0.717) is 10.9 Å². The number of hydrogen-bond acceptors (Lipinski definition) is 4. The predicted molar refractivity (Wildman–Crippen MR) is 47.1 cm³/mol. The van der Waals surface area contributed by atoms with Gasteiger partial charge in [0.2, 0.25) is 0 Å². The molecule has 0 aliphatic carbocycles. The van der Waals surface area contributed by atoms with Crippen molar-refractivity contribution in [1.82, 2.24) is 14.8 Å². The van der Waals surface area contributed by atoms with Crippen LogP contribution in [0.25, 0.3) is 10.9 Å². The fourth-order valence-corrected chi connectivity index (χ4v) is 1.25. The molecule has 2 heterocycles. The SMILES string of the molecule is Cn1ncc2c(O)c(C(=O)O)ncc21. The van der Waals surface area contributed by atoms with Gasteiger partial charge in [0.25, 0.3) is 0 Å². The van der Waals surface area contributed by atoms with E-state index in [1.54, 1.807) is 7.05 Å². The van der Waals surface area contributed by atoms with Crippen LogP contribution in [-0.2, 0) is 7.05 Å². The average Bonchev–Trinajstić information content (AvgIpc) is 2.49. The second-order valence-electron chi connectivity index (χ2n) is 2.83. The van der Waals surface area contributed by atoms with Crippen molar-refractivity contribution in [2.75, 3.05) is 0 Å². The van der Waals surface area contributed by atoms with Gasteiger partial charge in [0.1, 0.15) is 0 Å². The average molecular weight is 193 g/mol. The van der Waals surface area contributed by atoms with Gasteiger partial charge in [-0.2, -0.15) is 5.10 Å². The van der Waals surface area contributed by atoms with Crippen LogP contribution in [0.4, 0.5) is 0 Å². The molecule has 0 radical (unpaired) electrons. The van der Waals surface area contributed by atoms with Crippen LogP contribution in [0.15, 0.2) is 12.4 Å². The van der Waals surface area contributed by atoms with Gasteiger partial charge >= 0.3 is 5.97 Å². The molecule has 2 rings (SSSR count). The lowest BCUT2D eigenvalue weighted by atomic mass is 10.2. The van der Waals surface area contributed by atoms with Gasteiger partial charge in [-0.1, -0.05) is 0 Å². The summed E-state index contributed by atoms with van der Waals surface area (Å²) < 4.78 is 1.51. The van der Waals surface area contributed by atoms with Crippen LogP contribution in [-0.4, -0.2) is 30.9 Å². The summed E-state index contributed by atoms with van der Waals surface area (Å²) in [5.74, 6) is -1.60. The summed E-state index contributed by atoms with van der Waals surface area (Å²) in [6, 6.07) is 0. The highest BCUT2D eigenvalue weighted by atomic mass is 16.4. The molecule has 14 heavy (non-hydrogen) atoms. The first-order valence-electron chi connectivity index (χ1n) is 3.84. The molecule has 0 bridgehead atoms. The van der Waals surface area contributed by atoms with Crippen LogP contribution in [0.2, 0.25) is 0 Å². The standard InChI is InChI=1S/C8H7N3O3/c1-11-5-3-9-6(8(13)14)7(12)4(5)2-10-11/h2-3,12H,1H3,(H,13,14). The first-order chi connectivity index (χ1) is 6.61. The maximum absolute atomic E-state index is 10.6. The van der Waals surface area contributed by atoms with E-state index in [4.69, 9.17) is 5.11 Å². The van der Waals surface area contributed by atoms with Crippen LogP contribution < -0.4 is 0 Å². The predicted octanol–water partition coefficient (Wildman–Crippen LogP) is 0.372. The summed E-state index contributed by atoms with van der Waals surface area (Å²) in [7, 11) is 1.68. The maximum Gasteiger partial charge on any atom is 0.358 e. The van der Waals surface area contributed by atoms with E-state index in [-0.39, 0.29) is 11.4 Å². The lowest BCUT2D eigenvalue weighted by molar-refractivity contribution is 0.0687. The monoisotopic (exact) mass is 193 g/mol. The molecule has 6 nitrogen and oxygen atoms in total. The number of carbonyl (C=O) groups is 1. The largest absolute Gasteiger partial charge is 0.505 e. The summed E-state index contributed by atoms with van der Waals surface area (Å²) in [6.07, 6.45) is 2.77. The van der Waals surface area contributed by atoms with Crippen molar-refractivity contribution in [2.24, 2.45) is 7.05 Å². The van der Waals surface area contributed by atoms with Gasteiger partial charge in [0.15, 0.2) is 11.4 Å². The quantitative estimate of drug-likeness (QED) is 0.683. The Bertz CT molecular complexity index is 518. The van der Waals surface area contributed by atoms with Crippen LogP contribution in [0.3, 0.4) is 0 Å². The number of aromatic carboxylic acids is 1. The Labute approximate surface area is 78.4 Å². The molecule has 0 atom stereocenters. The first kappa shape index (κ1) is 8.49. The zero-order valence-corrected chi connectivity index (χ0v) is 7.30. The third-order valence-corrected chi connectivity index (χ3v) is 1.98. The van der Waals surface area contributed by atoms with Gasteiger partial charge in [-0.25, -0.2) is 9.78 Å². The number of carboxylic acids is 1. The highest BCUT2D eigenvalue weighted by Crippen LogP contribution is 2.25. The van der Waals surface area contributed by atoms with Crippen molar-refractivity contribution in [3.05, 3.63) is 18.1 Å². The molecule has 2 aromatic heterocycles. The van der Waals surface area contributed by atoms with Crippen molar-refractivity contribution in [1.29, 1.82) is 0 Å². The van der Waals surface area contributed by atoms with Crippen molar-refractivity contribution in [3.8, 4) is 5.75 Å². The molecule has 72 valence electrons. The highest BCUT2D eigenvalue weighted by Gasteiger charge is 2.15. The summed E-state index contributed by atoms with van der Waals surface area (Å²) in [5.41, 5.74) is 0.234. The van der Waals surface area contributed by atoms with E-state index >= 15 is 0 Å². The molecule has 0 amide bonds. The summed E-state index contributed by atoms with van der Waals surface area (Å²) >= 11 is 0. The number of pyridine rings is 1. The molecule has 0 aromatic carbocycles. The first-order valence-corrected chi connectivity index (χ1v) is 3.84. The van der Waals surface area contributed by atoms with E-state index < -0.39 is 5.97 Å². The molecule has 0 spiro atoms. The minimum absolute atomic E-state index is 0.344.